The van der Waals surface area contributed by atoms with Gasteiger partial charge in [-0.3, -0.25) is 19.7 Å². The molecule has 31 heavy (non-hydrogen) atoms. The average molecular weight is 432 g/mol. The van der Waals surface area contributed by atoms with Gasteiger partial charge in [0.1, 0.15) is 5.82 Å². The molecule has 0 aliphatic carbocycles. The maximum atomic E-state index is 13.4. The molecule has 154 valence electrons. The zero-order valence-electron chi connectivity index (χ0n) is 16.2. The Morgan fingerprint density at radius 2 is 1.65 bits per heavy atom. The number of carbonyl (C=O) groups excluding carboxylic acids is 2. The number of halogens is 1. The number of hydrogen-bond donors (Lipinski definition) is 2. The van der Waals surface area contributed by atoms with Crippen molar-refractivity contribution in [1.29, 1.82) is 0 Å². The number of thioether (sulfide) groups is 1. The van der Waals surface area contributed by atoms with Crippen molar-refractivity contribution < 1.29 is 14.0 Å². The summed E-state index contributed by atoms with van der Waals surface area (Å²) in [5.74, 6) is -0.435. The van der Waals surface area contributed by atoms with Crippen molar-refractivity contribution in [2.75, 3.05) is 11.1 Å². The Balaban J connectivity index is 1.56. The first-order chi connectivity index (χ1) is 15.1. The lowest BCUT2D eigenvalue weighted by atomic mass is 10.0. The number of aromatic nitrogens is 3. The van der Waals surface area contributed by atoms with Gasteiger partial charge in [0.15, 0.2) is 5.82 Å². The Bertz CT molecular complexity index is 1200. The van der Waals surface area contributed by atoms with Gasteiger partial charge in [0.25, 0.3) is 0 Å². The van der Waals surface area contributed by atoms with E-state index < -0.39 is 0 Å². The van der Waals surface area contributed by atoms with Crippen LogP contribution in [0, 0.1) is 5.82 Å². The minimum Gasteiger partial charge on any atom is -0.308 e. The monoisotopic (exact) mass is 432 g/mol. The molecule has 0 saturated carbocycles. The van der Waals surface area contributed by atoms with Crippen molar-refractivity contribution >= 4 is 28.6 Å². The summed E-state index contributed by atoms with van der Waals surface area (Å²) < 4.78 is 13.4. The van der Waals surface area contributed by atoms with Gasteiger partial charge in [0, 0.05) is 23.5 Å². The van der Waals surface area contributed by atoms with Gasteiger partial charge >= 0.3 is 0 Å². The van der Waals surface area contributed by atoms with Crippen LogP contribution in [0.1, 0.15) is 10.4 Å². The lowest BCUT2D eigenvalue weighted by Gasteiger charge is -2.08. The van der Waals surface area contributed by atoms with Crippen molar-refractivity contribution in [2.24, 2.45) is 0 Å². The molecule has 0 radical (unpaired) electrons. The van der Waals surface area contributed by atoms with E-state index in [0.29, 0.717) is 22.6 Å². The molecule has 4 rings (SSSR count). The number of aromatic amines is 1. The summed E-state index contributed by atoms with van der Waals surface area (Å²) in [6, 6.07) is 18.3. The molecule has 0 unspecified atom stereocenters. The van der Waals surface area contributed by atoms with E-state index in [4.69, 9.17) is 0 Å². The number of hydrogen-bond acceptors (Lipinski definition) is 5. The van der Waals surface area contributed by atoms with E-state index in [0.717, 1.165) is 22.9 Å². The van der Waals surface area contributed by atoms with E-state index in [1.807, 2.05) is 6.07 Å². The first-order valence-corrected chi connectivity index (χ1v) is 10.4. The number of nitrogens with zero attached hydrogens (tertiary/aromatic N) is 2. The third kappa shape index (κ3) is 4.87. The molecule has 2 aromatic carbocycles. The highest BCUT2D eigenvalue weighted by molar-refractivity contribution is 8.14. The van der Waals surface area contributed by atoms with Crippen molar-refractivity contribution in [3.05, 3.63) is 90.5 Å². The fourth-order valence-corrected chi connectivity index (χ4v) is 3.65. The van der Waals surface area contributed by atoms with Crippen LogP contribution < -0.4 is 5.32 Å². The molecule has 4 aromatic rings. The van der Waals surface area contributed by atoms with Gasteiger partial charge in [0.05, 0.1) is 17.0 Å². The normalized spacial score (nSPS) is 10.6. The summed E-state index contributed by atoms with van der Waals surface area (Å²) in [6.45, 7) is 0. The molecule has 1 amide bonds. The van der Waals surface area contributed by atoms with E-state index in [1.54, 1.807) is 60.9 Å². The van der Waals surface area contributed by atoms with E-state index in [-0.39, 0.29) is 22.6 Å². The van der Waals surface area contributed by atoms with E-state index in [9.17, 15) is 14.0 Å². The number of rotatable bonds is 6. The van der Waals surface area contributed by atoms with Gasteiger partial charge in [-0.1, -0.05) is 42.1 Å². The first-order valence-electron chi connectivity index (χ1n) is 9.38. The van der Waals surface area contributed by atoms with Crippen molar-refractivity contribution in [3.8, 4) is 22.4 Å². The molecule has 6 nitrogen and oxygen atoms in total. The van der Waals surface area contributed by atoms with Crippen LogP contribution in [-0.4, -0.2) is 32.0 Å². The van der Waals surface area contributed by atoms with Gasteiger partial charge in [0.2, 0.25) is 11.0 Å². The second kappa shape index (κ2) is 9.36. The highest BCUT2D eigenvalue weighted by Gasteiger charge is 2.19. The highest BCUT2D eigenvalue weighted by atomic mass is 32.2. The van der Waals surface area contributed by atoms with Crippen LogP contribution in [0.4, 0.5) is 10.2 Å². The van der Waals surface area contributed by atoms with Crippen molar-refractivity contribution in [3.63, 3.8) is 0 Å². The van der Waals surface area contributed by atoms with Gasteiger partial charge in [-0.25, -0.2) is 4.39 Å². The van der Waals surface area contributed by atoms with Gasteiger partial charge in [-0.15, -0.1) is 0 Å². The molecule has 2 heterocycles. The average Bonchev–Trinajstić information content (AvgIpc) is 3.22. The molecule has 0 aliphatic rings. The summed E-state index contributed by atoms with van der Waals surface area (Å²) in [5, 5.41) is 9.76. The van der Waals surface area contributed by atoms with Gasteiger partial charge < -0.3 is 5.32 Å². The Morgan fingerprint density at radius 3 is 2.35 bits per heavy atom. The Kier molecular flexibility index (Phi) is 6.18. The molecule has 0 bridgehead atoms. The summed E-state index contributed by atoms with van der Waals surface area (Å²) in [7, 11) is 0. The molecule has 0 aliphatic heterocycles. The van der Waals surface area contributed by atoms with Crippen LogP contribution in [0.5, 0.6) is 0 Å². The van der Waals surface area contributed by atoms with Crippen LogP contribution in [0.15, 0.2) is 79.1 Å². The molecule has 2 N–H and O–H groups in total. The molecule has 0 fully saturated rings. The number of nitrogens with one attached hydrogen (secondary N) is 2. The van der Waals surface area contributed by atoms with E-state index >= 15 is 0 Å². The molecule has 0 spiro atoms. The summed E-state index contributed by atoms with van der Waals surface area (Å²) in [4.78, 5) is 28.8. The predicted octanol–water partition coefficient (Wildman–Crippen LogP) is 4.79. The fourth-order valence-electron chi connectivity index (χ4n) is 3.01. The molecule has 0 atom stereocenters. The Labute approximate surface area is 181 Å². The van der Waals surface area contributed by atoms with Gasteiger partial charge in [-0.2, -0.15) is 5.10 Å². The Morgan fingerprint density at radius 1 is 0.935 bits per heavy atom. The molecular formula is C23H17FN4O2S. The number of carbonyl (C=O) groups is 2. The standard InChI is InChI=1S/C23H17FN4O2S/c24-18-8-6-16(7-9-18)21-20(15-10-12-25-13-11-15)22(28-27-21)26-19(29)14-31-23(30)17-4-2-1-3-5-17/h1-13H,14H2,(H2,26,27,28,29). The summed E-state index contributed by atoms with van der Waals surface area (Å²) in [6.07, 6.45) is 3.27. The lowest BCUT2D eigenvalue weighted by molar-refractivity contribution is -0.113. The zero-order chi connectivity index (χ0) is 21.6. The Hall–Kier alpha value is -3.78. The number of H-pyrrole nitrogens is 1. The number of anilines is 1. The number of pyridine rings is 1. The van der Waals surface area contributed by atoms with Crippen molar-refractivity contribution in [1.82, 2.24) is 15.2 Å². The third-order valence-corrected chi connectivity index (χ3v) is 5.37. The topological polar surface area (TPSA) is 87.7 Å². The summed E-state index contributed by atoms with van der Waals surface area (Å²) in [5.41, 5.74) is 3.33. The summed E-state index contributed by atoms with van der Waals surface area (Å²) >= 11 is 0.923. The van der Waals surface area contributed by atoms with Gasteiger partial charge in [-0.05, 0) is 42.0 Å². The van der Waals surface area contributed by atoms with Crippen LogP contribution in [0.3, 0.4) is 0 Å². The molecule has 0 saturated heterocycles. The van der Waals surface area contributed by atoms with Crippen LogP contribution in [0.2, 0.25) is 0 Å². The number of amides is 1. The second-order valence-electron chi connectivity index (χ2n) is 6.56. The quantitative estimate of drug-likeness (QED) is 0.457. The lowest BCUT2D eigenvalue weighted by Crippen LogP contribution is -2.16. The van der Waals surface area contributed by atoms with Crippen LogP contribution >= 0.6 is 11.8 Å². The third-order valence-electron chi connectivity index (χ3n) is 4.47. The largest absolute Gasteiger partial charge is 0.308 e. The maximum absolute atomic E-state index is 13.4. The number of benzene rings is 2. The predicted molar refractivity (Wildman–Crippen MR) is 119 cm³/mol. The molecule has 8 heteroatoms. The van der Waals surface area contributed by atoms with Crippen LogP contribution in [0.25, 0.3) is 22.4 Å². The fraction of sp³-hybridized carbons (Fsp3) is 0.0435. The van der Waals surface area contributed by atoms with Crippen LogP contribution in [-0.2, 0) is 4.79 Å². The maximum Gasteiger partial charge on any atom is 0.236 e. The highest BCUT2D eigenvalue weighted by Crippen LogP contribution is 2.36. The second-order valence-corrected chi connectivity index (χ2v) is 7.50. The van der Waals surface area contributed by atoms with E-state index in [2.05, 4.69) is 20.5 Å². The van der Waals surface area contributed by atoms with E-state index in [1.165, 1.54) is 12.1 Å². The SMILES string of the molecule is O=C(CSC(=O)c1ccccc1)Nc1n[nH]c(-c2ccc(F)cc2)c1-c1ccncc1. The molecular weight excluding hydrogens is 415 g/mol. The molecule has 2 aromatic heterocycles. The minimum absolute atomic E-state index is 0.0533. The van der Waals surface area contributed by atoms with Crippen molar-refractivity contribution in [2.45, 2.75) is 0 Å². The minimum atomic E-state index is -0.359. The smallest absolute Gasteiger partial charge is 0.236 e. The zero-order valence-corrected chi connectivity index (χ0v) is 17.0. The first kappa shape index (κ1) is 20.5.